The van der Waals surface area contributed by atoms with Crippen molar-refractivity contribution in [1.82, 2.24) is 15.1 Å². The van der Waals surface area contributed by atoms with Crippen LogP contribution in [0, 0.1) is 23.7 Å². The van der Waals surface area contributed by atoms with Gasteiger partial charge in [-0.1, -0.05) is 31.2 Å². The van der Waals surface area contributed by atoms with Crippen molar-refractivity contribution in [2.75, 3.05) is 39.8 Å². The Morgan fingerprint density at radius 3 is 2.20 bits per heavy atom. The molecule has 5 unspecified atom stereocenters. The van der Waals surface area contributed by atoms with E-state index < -0.39 is 47.4 Å². The maximum absolute atomic E-state index is 13.6. The highest BCUT2D eigenvalue weighted by molar-refractivity contribution is 5.87. The van der Waals surface area contributed by atoms with E-state index in [1.165, 1.54) is 0 Å². The number of rotatable bonds is 8. The zero-order valence-electron chi connectivity index (χ0n) is 23.8. The number of aliphatic carboxylic acids is 1. The van der Waals surface area contributed by atoms with E-state index in [-0.39, 0.29) is 30.6 Å². The molecule has 40 heavy (non-hydrogen) atoms. The van der Waals surface area contributed by atoms with Gasteiger partial charge in [0, 0.05) is 38.5 Å². The quantitative estimate of drug-likeness (QED) is 0.247. The second kappa shape index (κ2) is 13.3. The van der Waals surface area contributed by atoms with Gasteiger partial charge in [0.1, 0.15) is 17.4 Å². The predicted octanol–water partition coefficient (Wildman–Crippen LogP) is 1.93. The number of nitrogens with one attached hydrogen (secondary N) is 1. The van der Waals surface area contributed by atoms with Gasteiger partial charge in [-0.15, -0.1) is 0 Å². The van der Waals surface area contributed by atoms with Crippen LogP contribution in [0.5, 0.6) is 5.75 Å². The van der Waals surface area contributed by atoms with Crippen molar-refractivity contribution in [2.45, 2.75) is 45.8 Å². The first-order valence-corrected chi connectivity index (χ1v) is 13.6. The molecule has 0 saturated carbocycles. The standard InChI is InChI=1S/C29H41N3O8/c1-18-6-9-20(17-33)24(25(34)32-14-12-31(5)13-15-32)23(18)27(37)39-21-10-7-19(8-11-21)16-22(26(35)36)30-28(38)40-29(2,3)4/h6-11,18,20,22-24,33H,12-17H2,1-5H3,(H,30,38)(H,35,36). The number of piperazine rings is 1. The number of aliphatic hydroxyl groups excluding tert-OH is 1. The van der Waals surface area contributed by atoms with E-state index in [0.29, 0.717) is 18.7 Å². The van der Waals surface area contributed by atoms with Crippen LogP contribution in [0.2, 0.25) is 0 Å². The Hall–Kier alpha value is -3.44. The maximum atomic E-state index is 13.6. The lowest BCUT2D eigenvalue weighted by Crippen LogP contribution is -2.54. The van der Waals surface area contributed by atoms with Crippen molar-refractivity contribution in [2.24, 2.45) is 23.7 Å². The Balaban J connectivity index is 1.70. The van der Waals surface area contributed by atoms with Gasteiger partial charge in [0.25, 0.3) is 0 Å². The van der Waals surface area contributed by atoms with Crippen molar-refractivity contribution in [3.63, 3.8) is 0 Å². The minimum absolute atomic E-state index is 0.00691. The molecular formula is C29H41N3O8. The van der Waals surface area contributed by atoms with Crippen molar-refractivity contribution >= 4 is 23.9 Å². The summed E-state index contributed by atoms with van der Waals surface area (Å²) in [4.78, 5) is 54.6. The van der Waals surface area contributed by atoms with Crippen LogP contribution in [-0.2, 0) is 25.5 Å². The molecule has 2 amide bonds. The van der Waals surface area contributed by atoms with Crippen LogP contribution < -0.4 is 10.1 Å². The second-order valence-corrected chi connectivity index (χ2v) is 11.6. The first-order chi connectivity index (χ1) is 18.8. The van der Waals surface area contributed by atoms with E-state index in [1.54, 1.807) is 49.9 Å². The molecule has 11 heteroatoms. The van der Waals surface area contributed by atoms with E-state index in [9.17, 15) is 29.4 Å². The molecule has 5 atom stereocenters. The van der Waals surface area contributed by atoms with Crippen molar-refractivity contribution in [1.29, 1.82) is 0 Å². The van der Waals surface area contributed by atoms with Gasteiger partial charge in [-0.3, -0.25) is 9.59 Å². The number of carbonyl (C=O) groups is 4. The topological polar surface area (TPSA) is 146 Å². The molecule has 1 aromatic carbocycles. The Labute approximate surface area is 235 Å². The Morgan fingerprint density at radius 2 is 1.65 bits per heavy atom. The number of carboxylic acid groups (broad SMARTS) is 1. The Morgan fingerprint density at radius 1 is 1.02 bits per heavy atom. The summed E-state index contributed by atoms with van der Waals surface area (Å²) in [5.41, 5.74) is -0.170. The van der Waals surface area contributed by atoms with Gasteiger partial charge in [-0.2, -0.15) is 0 Å². The van der Waals surface area contributed by atoms with Crippen LogP contribution in [0.15, 0.2) is 36.4 Å². The summed E-state index contributed by atoms with van der Waals surface area (Å²) in [6.07, 6.45) is 2.81. The summed E-state index contributed by atoms with van der Waals surface area (Å²) >= 11 is 0. The van der Waals surface area contributed by atoms with Crippen LogP contribution >= 0.6 is 0 Å². The molecule has 0 aromatic heterocycles. The number of aliphatic hydroxyl groups is 1. The minimum atomic E-state index is -1.21. The number of benzene rings is 1. The summed E-state index contributed by atoms with van der Waals surface area (Å²) in [6.45, 7) is 9.25. The van der Waals surface area contributed by atoms with Crippen LogP contribution in [0.3, 0.4) is 0 Å². The zero-order chi connectivity index (χ0) is 29.6. The lowest BCUT2D eigenvalue weighted by molar-refractivity contribution is -0.153. The number of hydrogen-bond acceptors (Lipinski definition) is 8. The average Bonchev–Trinajstić information content (AvgIpc) is 2.88. The molecule has 2 aliphatic rings. The molecule has 0 bridgehead atoms. The number of esters is 1. The first-order valence-electron chi connectivity index (χ1n) is 13.6. The number of alkyl carbamates (subject to hydrolysis) is 1. The van der Waals surface area contributed by atoms with Crippen molar-refractivity contribution < 1.29 is 38.9 Å². The molecule has 0 spiro atoms. The summed E-state index contributed by atoms with van der Waals surface area (Å²) in [6, 6.07) is 5.11. The number of allylic oxidation sites excluding steroid dienone is 1. The fourth-order valence-electron chi connectivity index (χ4n) is 5.02. The molecule has 3 N–H and O–H groups in total. The normalized spacial score (nSPS) is 24.2. The largest absolute Gasteiger partial charge is 0.480 e. The summed E-state index contributed by atoms with van der Waals surface area (Å²) in [7, 11) is 1.99. The van der Waals surface area contributed by atoms with Crippen LogP contribution in [0.1, 0.15) is 33.3 Å². The number of carboxylic acids is 1. The van der Waals surface area contributed by atoms with E-state index in [2.05, 4.69) is 10.2 Å². The van der Waals surface area contributed by atoms with Gasteiger partial charge in [0.2, 0.25) is 5.91 Å². The fourth-order valence-corrected chi connectivity index (χ4v) is 5.02. The number of likely N-dealkylation sites (N-methyl/N-ethyl adjacent to an activating group) is 1. The highest BCUT2D eigenvalue weighted by Gasteiger charge is 2.46. The van der Waals surface area contributed by atoms with Gasteiger partial charge in [0.05, 0.1) is 18.4 Å². The third-order valence-electron chi connectivity index (χ3n) is 7.23. The van der Waals surface area contributed by atoms with Gasteiger partial charge in [-0.25, -0.2) is 9.59 Å². The predicted molar refractivity (Wildman–Crippen MR) is 147 cm³/mol. The minimum Gasteiger partial charge on any atom is -0.480 e. The molecule has 1 aliphatic heterocycles. The van der Waals surface area contributed by atoms with Crippen LogP contribution in [0.4, 0.5) is 4.79 Å². The SMILES string of the molecule is CC1C=CC(CO)C(C(=O)N2CCN(C)CC2)C1C(=O)Oc1ccc(CC(NC(=O)OC(C)(C)C)C(=O)O)cc1. The molecule has 3 rings (SSSR count). The molecule has 220 valence electrons. The molecule has 1 aromatic rings. The number of hydrogen-bond donors (Lipinski definition) is 3. The van der Waals surface area contributed by atoms with Crippen LogP contribution in [-0.4, -0.2) is 95.4 Å². The average molecular weight is 560 g/mol. The van der Waals surface area contributed by atoms with Gasteiger partial charge >= 0.3 is 18.0 Å². The molecule has 1 heterocycles. The highest BCUT2D eigenvalue weighted by atomic mass is 16.6. The molecule has 1 saturated heterocycles. The van der Waals surface area contributed by atoms with E-state index in [4.69, 9.17) is 9.47 Å². The lowest BCUT2D eigenvalue weighted by Gasteiger charge is -2.40. The molecule has 11 nitrogen and oxygen atoms in total. The highest BCUT2D eigenvalue weighted by Crippen LogP contribution is 2.37. The number of amides is 2. The van der Waals surface area contributed by atoms with Crippen LogP contribution in [0.25, 0.3) is 0 Å². The molecule has 0 radical (unpaired) electrons. The zero-order valence-corrected chi connectivity index (χ0v) is 23.8. The molecular weight excluding hydrogens is 518 g/mol. The third-order valence-corrected chi connectivity index (χ3v) is 7.23. The second-order valence-electron chi connectivity index (χ2n) is 11.6. The van der Waals surface area contributed by atoms with Gasteiger partial charge in [-0.05, 0) is 51.4 Å². The maximum Gasteiger partial charge on any atom is 0.408 e. The molecule has 1 fully saturated rings. The number of carbonyl (C=O) groups excluding carboxylic acids is 3. The number of ether oxygens (including phenoxy) is 2. The summed E-state index contributed by atoms with van der Waals surface area (Å²) < 4.78 is 10.8. The monoisotopic (exact) mass is 559 g/mol. The summed E-state index contributed by atoms with van der Waals surface area (Å²) in [5.74, 6) is -3.97. The first kappa shape index (κ1) is 31.1. The Kier molecular flexibility index (Phi) is 10.3. The summed E-state index contributed by atoms with van der Waals surface area (Å²) in [5, 5.41) is 21.9. The van der Waals surface area contributed by atoms with Crippen molar-refractivity contribution in [3.8, 4) is 5.75 Å². The van der Waals surface area contributed by atoms with E-state index >= 15 is 0 Å². The van der Waals surface area contributed by atoms with Crippen molar-refractivity contribution in [3.05, 3.63) is 42.0 Å². The van der Waals surface area contributed by atoms with E-state index in [1.807, 2.05) is 26.1 Å². The number of nitrogens with zero attached hydrogens (tertiary/aromatic N) is 2. The van der Waals surface area contributed by atoms with Gasteiger partial charge < -0.3 is 34.8 Å². The van der Waals surface area contributed by atoms with E-state index in [0.717, 1.165) is 13.1 Å². The third kappa shape index (κ3) is 8.28. The molecule has 1 aliphatic carbocycles. The lowest BCUT2D eigenvalue weighted by atomic mass is 9.70. The Bertz CT molecular complexity index is 1090. The smallest absolute Gasteiger partial charge is 0.408 e. The van der Waals surface area contributed by atoms with Gasteiger partial charge in [0.15, 0.2) is 0 Å². The fraction of sp³-hybridized carbons (Fsp3) is 0.586.